The Hall–Kier alpha value is -1.34. The molecule has 0 aliphatic rings. The van der Waals surface area contributed by atoms with E-state index in [1.807, 2.05) is 6.92 Å². The van der Waals surface area contributed by atoms with Gasteiger partial charge in [-0.3, -0.25) is 0 Å². The fourth-order valence-electron chi connectivity index (χ4n) is 1.48. The van der Waals surface area contributed by atoms with Crippen molar-refractivity contribution in [3.8, 4) is 0 Å². The molecule has 7 nitrogen and oxygen atoms in total. The third kappa shape index (κ3) is 6.97. The smallest absolute Gasteiger partial charge is 0.326 e. The lowest BCUT2D eigenvalue weighted by atomic mass is 9.99. The molecule has 0 spiro atoms. The summed E-state index contributed by atoms with van der Waals surface area (Å²) in [6.07, 6.45) is 0.407. The van der Waals surface area contributed by atoms with Gasteiger partial charge in [0.1, 0.15) is 6.04 Å². The Kier molecular flexibility index (Phi) is 8.90. The molecule has 7 heteroatoms. The summed E-state index contributed by atoms with van der Waals surface area (Å²) in [4.78, 5) is 22.7. The molecule has 0 fully saturated rings. The summed E-state index contributed by atoms with van der Waals surface area (Å²) in [7, 11) is 3.05. The number of nitrogens with one attached hydrogen (secondary N) is 2. The molecule has 3 unspecified atom stereocenters. The predicted molar refractivity (Wildman–Crippen MR) is 70.1 cm³/mol. The summed E-state index contributed by atoms with van der Waals surface area (Å²) in [5, 5.41) is 14.1. The lowest BCUT2D eigenvalue weighted by molar-refractivity contribution is -0.140. The zero-order chi connectivity index (χ0) is 14.8. The molecular formula is C12H24N2O5. The molecule has 0 aromatic heterocycles. The quantitative estimate of drug-likeness (QED) is 0.568. The number of amides is 2. The van der Waals surface area contributed by atoms with Gasteiger partial charge in [0.15, 0.2) is 0 Å². The van der Waals surface area contributed by atoms with Crippen molar-refractivity contribution in [2.24, 2.45) is 5.92 Å². The maximum Gasteiger partial charge on any atom is 0.326 e. The first-order valence-corrected chi connectivity index (χ1v) is 6.25. The molecule has 0 heterocycles. The number of urea groups is 1. The monoisotopic (exact) mass is 276 g/mol. The molecule has 0 bridgehead atoms. The van der Waals surface area contributed by atoms with Gasteiger partial charge in [-0.1, -0.05) is 20.3 Å². The first kappa shape index (κ1) is 17.7. The van der Waals surface area contributed by atoms with Crippen molar-refractivity contribution < 1.29 is 24.2 Å². The van der Waals surface area contributed by atoms with Crippen molar-refractivity contribution in [1.82, 2.24) is 10.6 Å². The molecule has 0 saturated heterocycles. The number of hydrogen-bond donors (Lipinski definition) is 3. The summed E-state index contributed by atoms with van der Waals surface area (Å²) in [5.74, 6) is -1.18. The van der Waals surface area contributed by atoms with Gasteiger partial charge in [0, 0.05) is 20.8 Å². The number of ether oxygens (including phenoxy) is 2. The number of carboxylic acid groups (broad SMARTS) is 1. The fourth-order valence-corrected chi connectivity index (χ4v) is 1.48. The molecule has 3 atom stereocenters. The average molecular weight is 276 g/mol. The highest BCUT2D eigenvalue weighted by molar-refractivity contribution is 5.82. The minimum absolute atomic E-state index is 0.138. The number of rotatable bonds is 9. The fraction of sp³-hybridized carbons (Fsp3) is 0.833. The highest BCUT2D eigenvalue weighted by Gasteiger charge is 2.25. The third-order valence-corrected chi connectivity index (χ3v) is 2.94. The van der Waals surface area contributed by atoms with Crippen LogP contribution in [0.5, 0.6) is 0 Å². The van der Waals surface area contributed by atoms with Gasteiger partial charge >= 0.3 is 12.0 Å². The van der Waals surface area contributed by atoms with Gasteiger partial charge in [0.05, 0.1) is 12.7 Å². The van der Waals surface area contributed by atoms with Crippen LogP contribution in [0.25, 0.3) is 0 Å². The van der Waals surface area contributed by atoms with Crippen molar-refractivity contribution in [1.29, 1.82) is 0 Å². The molecule has 0 radical (unpaired) electrons. The number of carbonyl (C=O) groups is 2. The summed E-state index contributed by atoms with van der Waals surface area (Å²) < 4.78 is 9.99. The number of hydrogen-bond acceptors (Lipinski definition) is 4. The second-order valence-corrected chi connectivity index (χ2v) is 4.37. The first-order chi connectivity index (χ1) is 8.96. The maximum atomic E-state index is 11.6. The van der Waals surface area contributed by atoms with Crippen LogP contribution in [-0.4, -0.2) is 56.6 Å². The normalized spacial score (nSPS) is 15.4. The standard InChI is InChI=1S/C12H24N2O5/c1-5-8(2)10(11(15)16)14-12(17)13-6-9(19-4)7-18-3/h8-10H,5-7H2,1-4H3,(H,15,16)(H2,13,14,17). The first-order valence-electron chi connectivity index (χ1n) is 6.25. The Balaban J connectivity index is 4.23. The SMILES string of the molecule is CCC(C)C(NC(=O)NCC(COC)OC)C(=O)O. The van der Waals surface area contributed by atoms with Crippen molar-refractivity contribution >= 4 is 12.0 Å². The second-order valence-electron chi connectivity index (χ2n) is 4.37. The predicted octanol–water partition coefficient (Wildman–Crippen LogP) is 0.446. The van der Waals surface area contributed by atoms with E-state index in [9.17, 15) is 9.59 Å². The van der Waals surface area contributed by atoms with Gasteiger partial charge in [-0.2, -0.15) is 0 Å². The summed E-state index contributed by atoms with van der Waals surface area (Å²) >= 11 is 0. The Morgan fingerprint density at radius 3 is 2.37 bits per heavy atom. The number of aliphatic carboxylic acids is 1. The highest BCUT2D eigenvalue weighted by Crippen LogP contribution is 2.07. The van der Waals surface area contributed by atoms with Crippen molar-refractivity contribution in [3.63, 3.8) is 0 Å². The van der Waals surface area contributed by atoms with Crippen molar-refractivity contribution in [2.45, 2.75) is 32.4 Å². The molecule has 0 aromatic rings. The summed E-state index contributed by atoms with van der Waals surface area (Å²) in [5.41, 5.74) is 0. The molecule has 112 valence electrons. The minimum Gasteiger partial charge on any atom is -0.480 e. The van der Waals surface area contributed by atoms with Crippen LogP contribution in [-0.2, 0) is 14.3 Å². The van der Waals surface area contributed by atoms with Crippen LogP contribution in [0.15, 0.2) is 0 Å². The maximum absolute atomic E-state index is 11.6. The molecule has 19 heavy (non-hydrogen) atoms. The van der Waals surface area contributed by atoms with Gasteiger partial charge < -0.3 is 25.2 Å². The average Bonchev–Trinajstić information content (AvgIpc) is 2.39. The van der Waals surface area contributed by atoms with Crippen LogP contribution < -0.4 is 10.6 Å². The Bertz CT molecular complexity index is 285. The van der Waals surface area contributed by atoms with Crippen LogP contribution in [0.3, 0.4) is 0 Å². The highest BCUT2D eigenvalue weighted by atomic mass is 16.5. The third-order valence-electron chi connectivity index (χ3n) is 2.94. The van der Waals surface area contributed by atoms with E-state index in [-0.39, 0.29) is 18.6 Å². The van der Waals surface area contributed by atoms with Gasteiger partial charge in [-0.25, -0.2) is 9.59 Å². The number of methoxy groups -OCH3 is 2. The molecular weight excluding hydrogens is 252 g/mol. The van der Waals surface area contributed by atoms with E-state index in [4.69, 9.17) is 14.6 Å². The molecule has 3 N–H and O–H groups in total. The number of carboxylic acids is 1. The minimum atomic E-state index is -1.04. The van der Waals surface area contributed by atoms with E-state index < -0.39 is 18.0 Å². The van der Waals surface area contributed by atoms with Crippen LogP contribution >= 0.6 is 0 Å². The van der Waals surface area contributed by atoms with Crippen molar-refractivity contribution in [3.05, 3.63) is 0 Å². The van der Waals surface area contributed by atoms with E-state index in [0.717, 1.165) is 0 Å². The van der Waals surface area contributed by atoms with Crippen LogP contribution in [0.1, 0.15) is 20.3 Å². The topological polar surface area (TPSA) is 96.9 Å². The molecule has 0 aromatic carbocycles. The molecule has 0 rings (SSSR count). The summed E-state index contributed by atoms with van der Waals surface area (Å²) in [6, 6.07) is -1.42. The van der Waals surface area contributed by atoms with Crippen LogP contribution in [0, 0.1) is 5.92 Å². The lowest BCUT2D eigenvalue weighted by Crippen LogP contribution is -2.50. The van der Waals surface area contributed by atoms with E-state index >= 15 is 0 Å². The lowest BCUT2D eigenvalue weighted by Gasteiger charge is -2.21. The van der Waals surface area contributed by atoms with E-state index in [1.54, 1.807) is 6.92 Å². The molecule has 0 aliphatic heterocycles. The Morgan fingerprint density at radius 1 is 1.32 bits per heavy atom. The van der Waals surface area contributed by atoms with E-state index in [0.29, 0.717) is 13.0 Å². The van der Waals surface area contributed by atoms with Crippen molar-refractivity contribution in [2.75, 3.05) is 27.4 Å². The van der Waals surface area contributed by atoms with Gasteiger partial charge in [0.2, 0.25) is 0 Å². The molecule has 0 aliphatic carbocycles. The van der Waals surface area contributed by atoms with Gasteiger partial charge in [-0.05, 0) is 5.92 Å². The zero-order valence-electron chi connectivity index (χ0n) is 11.9. The largest absolute Gasteiger partial charge is 0.480 e. The number of carbonyl (C=O) groups excluding carboxylic acids is 1. The summed E-state index contributed by atoms with van der Waals surface area (Å²) in [6.45, 7) is 4.26. The zero-order valence-corrected chi connectivity index (χ0v) is 11.9. The second kappa shape index (κ2) is 9.57. The van der Waals surface area contributed by atoms with Gasteiger partial charge in [-0.15, -0.1) is 0 Å². The van der Waals surface area contributed by atoms with Crippen LogP contribution in [0.2, 0.25) is 0 Å². The molecule has 0 saturated carbocycles. The van der Waals surface area contributed by atoms with Gasteiger partial charge in [0.25, 0.3) is 0 Å². The Morgan fingerprint density at radius 2 is 1.95 bits per heavy atom. The van der Waals surface area contributed by atoms with E-state index in [2.05, 4.69) is 10.6 Å². The Labute approximate surface area is 113 Å². The van der Waals surface area contributed by atoms with E-state index in [1.165, 1.54) is 14.2 Å². The molecule has 2 amide bonds. The van der Waals surface area contributed by atoms with Crippen LogP contribution in [0.4, 0.5) is 4.79 Å².